The molecule has 0 saturated heterocycles. The molecule has 3 aromatic rings. The smallest absolute Gasteiger partial charge is 0.352 e. The van der Waals surface area contributed by atoms with E-state index in [2.05, 4.69) is 9.97 Å². The van der Waals surface area contributed by atoms with E-state index in [0.29, 0.717) is 21.8 Å². The molecule has 0 unspecified atom stereocenters. The summed E-state index contributed by atoms with van der Waals surface area (Å²) in [5.41, 5.74) is 2.69. The van der Waals surface area contributed by atoms with Crippen molar-refractivity contribution in [2.45, 2.75) is 6.92 Å². The second kappa shape index (κ2) is 5.14. The minimum atomic E-state index is -1.03. The lowest BCUT2D eigenvalue weighted by molar-refractivity contribution is 0.0691. The molecular weight excluding hydrogens is 291 g/mol. The molecule has 0 atom stereocenters. The molecule has 0 saturated carbocycles. The van der Waals surface area contributed by atoms with Crippen LogP contribution >= 0.6 is 11.3 Å². The van der Waals surface area contributed by atoms with Gasteiger partial charge in [-0.3, -0.25) is 0 Å². The van der Waals surface area contributed by atoms with E-state index in [4.69, 9.17) is 5.11 Å². The van der Waals surface area contributed by atoms with Crippen molar-refractivity contribution >= 4 is 17.3 Å². The molecule has 106 valence electrons. The van der Waals surface area contributed by atoms with E-state index in [1.807, 2.05) is 13.0 Å². The first kappa shape index (κ1) is 13.5. The first-order valence-electron chi connectivity index (χ1n) is 6.19. The van der Waals surface area contributed by atoms with E-state index < -0.39 is 5.97 Å². The zero-order valence-corrected chi connectivity index (χ0v) is 11.9. The number of nitrogens with zero attached hydrogens (tertiary/aromatic N) is 1. The van der Waals surface area contributed by atoms with Gasteiger partial charge in [0.25, 0.3) is 0 Å². The summed E-state index contributed by atoms with van der Waals surface area (Å²) in [5.74, 6) is -1.34. The number of hydrogen-bond acceptors (Lipinski definition) is 3. The Kier molecular flexibility index (Phi) is 3.31. The predicted molar refractivity (Wildman–Crippen MR) is 79.0 cm³/mol. The Hall–Kier alpha value is -2.47. The van der Waals surface area contributed by atoms with Crippen molar-refractivity contribution in [2.24, 2.45) is 0 Å². The Labute approximate surface area is 123 Å². The highest BCUT2D eigenvalue weighted by molar-refractivity contribution is 7.13. The summed E-state index contributed by atoms with van der Waals surface area (Å²) in [6.45, 7) is 1.83. The highest BCUT2D eigenvalue weighted by Gasteiger charge is 2.13. The van der Waals surface area contributed by atoms with E-state index >= 15 is 0 Å². The monoisotopic (exact) mass is 302 g/mol. The van der Waals surface area contributed by atoms with Crippen LogP contribution in [0.5, 0.6) is 0 Å². The van der Waals surface area contributed by atoms with Crippen LogP contribution < -0.4 is 0 Å². The number of nitrogens with one attached hydrogen (secondary N) is 1. The molecule has 3 rings (SSSR count). The Morgan fingerprint density at radius 3 is 2.86 bits per heavy atom. The molecular formula is C15H11FN2O2S. The standard InChI is InChI=1S/C15H11FN2O2S/c1-8-2-3-10(11(16)4-8)14-18-13(7-21-14)9-5-12(15(19)20)17-6-9/h2-7,17H,1H3,(H,19,20). The average Bonchev–Trinajstić information content (AvgIpc) is 3.07. The number of H-pyrrole nitrogens is 1. The van der Waals surface area contributed by atoms with Crippen molar-refractivity contribution in [3.8, 4) is 21.8 Å². The van der Waals surface area contributed by atoms with Gasteiger partial charge in [0.1, 0.15) is 16.5 Å². The molecule has 2 heterocycles. The van der Waals surface area contributed by atoms with Gasteiger partial charge in [0.15, 0.2) is 0 Å². The van der Waals surface area contributed by atoms with Crippen LogP contribution in [0.2, 0.25) is 0 Å². The lowest BCUT2D eigenvalue weighted by Crippen LogP contribution is -1.94. The van der Waals surface area contributed by atoms with Crippen molar-refractivity contribution in [3.05, 3.63) is 52.9 Å². The van der Waals surface area contributed by atoms with Crippen LogP contribution in [0, 0.1) is 12.7 Å². The number of aryl methyl sites for hydroxylation is 1. The van der Waals surface area contributed by atoms with Gasteiger partial charge >= 0.3 is 5.97 Å². The summed E-state index contributed by atoms with van der Waals surface area (Å²) in [5, 5.41) is 11.2. The van der Waals surface area contributed by atoms with Gasteiger partial charge in [-0.2, -0.15) is 0 Å². The summed E-state index contributed by atoms with van der Waals surface area (Å²) in [7, 11) is 0. The van der Waals surface area contributed by atoms with Crippen molar-refractivity contribution in [1.29, 1.82) is 0 Å². The van der Waals surface area contributed by atoms with Crippen LogP contribution in [-0.2, 0) is 0 Å². The van der Waals surface area contributed by atoms with Gasteiger partial charge in [-0.05, 0) is 30.7 Å². The number of halogens is 1. The number of rotatable bonds is 3. The minimum Gasteiger partial charge on any atom is -0.477 e. The summed E-state index contributed by atoms with van der Waals surface area (Å²) in [4.78, 5) is 17.9. The fourth-order valence-electron chi connectivity index (χ4n) is 1.99. The third-order valence-corrected chi connectivity index (χ3v) is 3.94. The molecule has 1 aromatic carbocycles. The molecule has 0 fully saturated rings. The Bertz CT molecular complexity index is 823. The lowest BCUT2D eigenvalue weighted by Gasteiger charge is -1.99. The second-order valence-electron chi connectivity index (χ2n) is 4.63. The Balaban J connectivity index is 1.97. The fourth-order valence-corrected chi connectivity index (χ4v) is 2.84. The summed E-state index contributed by atoms with van der Waals surface area (Å²) < 4.78 is 13.9. The maximum absolute atomic E-state index is 13.9. The van der Waals surface area contributed by atoms with Gasteiger partial charge < -0.3 is 10.1 Å². The first-order valence-corrected chi connectivity index (χ1v) is 7.06. The summed E-state index contributed by atoms with van der Waals surface area (Å²) in [6, 6.07) is 6.51. The number of thiazole rings is 1. The predicted octanol–water partition coefficient (Wildman–Crippen LogP) is 3.95. The molecule has 6 heteroatoms. The van der Waals surface area contributed by atoms with Crippen LogP contribution in [0.4, 0.5) is 4.39 Å². The number of aromatic nitrogens is 2. The molecule has 2 aromatic heterocycles. The van der Waals surface area contributed by atoms with Crippen LogP contribution in [0.25, 0.3) is 21.8 Å². The zero-order valence-electron chi connectivity index (χ0n) is 11.1. The number of carboxylic acids is 1. The topological polar surface area (TPSA) is 66.0 Å². The van der Waals surface area contributed by atoms with Gasteiger partial charge in [0.2, 0.25) is 0 Å². The fraction of sp³-hybridized carbons (Fsp3) is 0.0667. The number of aromatic amines is 1. The van der Waals surface area contributed by atoms with Crippen molar-refractivity contribution in [2.75, 3.05) is 0 Å². The molecule has 0 spiro atoms. The number of hydrogen-bond donors (Lipinski definition) is 2. The zero-order chi connectivity index (χ0) is 15.0. The number of benzene rings is 1. The van der Waals surface area contributed by atoms with Gasteiger partial charge in [-0.15, -0.1) is 11.3 Å². The molecule has 0 aliphatic carbocycles. The van der Waals surface area contributed by atoms with E-state index in [1.165, 1.54) is 23.5 Å². The molecule has 4 nitrogen and oxygen atoms in total. The average molecular weight is 302 g/mol. The maximum Gasteiger partial charge on any atom is 0.352 e. The van der Waals surface area contributed by atoms with Crippen LogP contribution in [0.3, 0.4) is 0 Å². The first-order chi connectivity index (χ1) is 10.0. The van der Waals surface area contributed by atoms with Crippen LogP contribution in [0.15, 0.2) is 35.8 Å². The van der Waals surface area contributed by atoms with E-state index in [1.54, 1.807) is 17.6 Å². The van der Waals surface area contributed by atoms with Gasteiger partial charge in [0.05, 0.1) is 5.69 Å². The van der Waals surface area contributed by atoms with Crippen molar-refractivity contribution in [1.82, 2.24) is 9.97 Å². The van der Waals surface area contributed by atoms with Crippen LogP contribution in [-0.4, -0.2) is 21.0 Å². The normalized spacial score (nSPS) is 10.8. The van der Waals surface area contributed by atoms with Gasteiger partial charge in [-0.1, -0.05) is 6.07 Å². The third kappa shape index (κ3) is 2.57. The van der Waals surface area contributed by atoms with E-state index in [9.17, 15) is 9.18 Å². The molecule has 21 heavy (non-hydrogen) atoms. The van der Waals surface area contributed by atoms with E-state index in [-0.39, 0.29) is 11.5 Å². The minimum absolute atomic E-state index is 0.0982. The largest absolute Gasteiger partial charge is 0.477 e. The van der Waals surface area contributed by atoms with E-state index in [0.717, 1.165) is 5.56 Å². The number of carboxylic acid groups (broad SMARTS) is 1. The second-order valence-corrected chi connectivity index (χ2v) is 5.49. The highest BCUT2D eigenvalue weighted by atomic mass is 32.1. The van der Waals surface area contributed by atoms with Crippen LogP contribution in [0.1, 0.15) is 16.1 Å². The molecule has 0 radical (unpaired) electrons. The molecule has 0 amide bonds. The number of carbonyl (C=O) groups is 1. The maximum atomic E-state index is 13.9. The Morgan fingerprint density at radius 2 is 2.19 bits per heavy atom. The Morgan fingerprint density at radius 1 is 1.38 bits per heavy atom. The highest BCUT2D eigenvalue weighted by Crippen LogP contribution is 2.31. The SMILES string of the molecule is Cc1ccc(-c2nc(-c3c[nH]c(C(=O)O)c3)cs2)c(F)c1. The van der Waals surface area contributed by atoms with Crippen molar-refractivity contribution < 1.29 is 14.3 Å². The molecule has 0 aliphatic heterocycles. The molecule has 0 aliphatic rings. The summed E-state index contributed by atoms with van der Waals surface area (Å²) in [6.07, 6.45) is 1.58. The lowest BCUT2D eigenvalue weighted by atomic mass is 10.1. The van der Waals surface area contributed by atoms with Gasteiger partial charge in [0, 0.05) is 22.7 Å². The quantitative estimate of drug-likeness (QED) is 0.770. The van der Waals surface area contributed by atoms with Gasteiger partial charge in [-0.25, -0.2) is 14.2 Å². The number of aromatic carboxylic acids is 1. The third-order valence-electron chi connectivity index (χ3n) is 3.07. The van der Waals surface area contributed by atoms with Crippen molar-refractivity contribution in [3.63, 3.8) is 0 Å². The summed E-state index contributed by atoms with van der Waals surface area (Å²) >= 11 is 1.32. The molecule has 0 bridgehead atoms. The molecule has 2 N–H and O–H groups in total.